The molecule has 1 aromatic rings. The van der Waals surface area contributed by atoms with Crippen LogP contribution in [0.2, 0.25) is 0 Å². The smallest absolute Gasteiger partial charge is 0.343 e. The Hall–Kier alpha value is -1.55. The van der Waals surface area contributed by atoms with E-state index in [1.807, 2.05) is 13.0 Å². The van der Waals surface area contributed by atoms with Crippen molar-refractivity contribution in [3.05, 3.63) is 29.3 Å². The van der Waals surface area contributed by atoms with E-state index in [0.29, 0.717) is 11.3 Å². The number of carbonyl (C=O) groups is 1. The predicted octanol–water partition coefficient (Wildman–Crippen LogP) is 1.04. The molecule has 0 saturated carbocycles. The second-order valence-corrected chi connectivity index (χ2v) is 3.13. The van der Waals surface area contributed by atoms with Gasteiger partial charge in [0.1, 0.15) is 5.75 Å². The molecule has 1 rings (SSSR count). The van der Waals surface area contributed by atoms with Crippen LogP contribution in [-0.4, -0.2) is 24.8 Å². The Bertz CT molecular complexity index is 346. The highest BCUT2D eigenvalue weighted by Gasteiger charge is 2.06. The van der Waals surface area contributed by atoms with Gasteiger partial charge in [-0.15, -0.1) is 0 Å². The molecule has 0 saturated heterocycles. The van der Waals surface area contributed by atoms with Crippen LogP contribution in [-0.2, 0) is 16.1 Å². The van der Waals surface area contributed by atoms with E-state index in [0.717, 1.165) is 5.56 Å². The van der Waals surface area contributed by atoms with Gasteiger partial charge in [-0.2, -0.15) is 0 Å². The van der Waals surface area contributed by atoms with Gasteiger partial charge in [-0.1, -0.05) is 12.1 Å². The number of carbonyl (C=O) groups excluding carboxylic acids is 1. The average molecular weight is 210 g/mol. The Balaban J connectivity index is 2.74. The number of benzene rings is 1. The molecule has 1 N–H and O–H groups in total. The van der Waals surface area contributed by atoms with E-state index in [2.05, 4.69) is 4.74 Å². The zero-order valence-corrected chi connectivity index (χ0v) is 8.82. The minimum Gasteiger partial charge on any atom is -0.482 e. The molecule has 0 aliphatic carbocycles. The summed E-state index contributed by atoms with van der Waals surface area (Å²) in [7, 11) is 1.30. The largest absolute Gasteiger partial charge is 0.482 e. The van der Waals surface area contributed by atoms with E-state index >= 15 is 0 Å². The Labute approximate surface area is 88.4 Å². The lowest BCUT2D eigenvalue weighted by atomic mass is 10.1. The summed E-state index contributed by atoms with van der Waals surface area (Å²) in [5, 5.41) is 9.04. The first-order valence-corrected chi connectivity index (χ1v) is 4.57. The maximum Gasteiger partial charge on any atom is 0.343 e. The molecule has 15 heavy (non-hydrogen) atoms. The number of aliphatic hydroxyl groups excluding tert-OH is 1. The number of hydrogen-bond acceptors (Lipinski definition) is 4. The van der Waals surface area contributed by atoms with E-state index in [-0.39, 0.29) is 13.2 Å². The lowest BCUT2D eigenvalue weighted by Gasteiger charge is -2.09. The quantitative estimate of drug-likeness (QED) is 0.754. The summed E-state index contributed by atoms with van der Waals surface area (Å²) in [6.07, 6.45) is 0. The third kappa shape index (κ3) is 3.25. The van der Waals surface area contributed by atoms with E-state index in [1.54, 1.807) is 12.1 Å². The van der Waals surface area contributed by atoms with Crippen LogP contribution in [0.4, 0.5) is 0 Å². The molecule has 0 heterocycles. The number of rotatable bonds is 4. The van der Waals surface area contributed by atoms with E-state index < -0.39 is 5.97 Å². The van der Waals surface area contributed by atoms with Crippen LogP contribution in [0.25, 0.3) is 0 Å². The highest BCUT2D eigenvalue weighted by Crippen LogP contribution is 2.20. The van der Waals surface area contributed by atoms with Crippen molar-refractivity contribution < 1.29 is 19.4 Å². The summed E-state index contributed by atoms with van der Waals surface area (Å²) >= 11 is 0. The van der Waals surface area contributed by atoms with E-state index in [1.165, 1.54) is 7.11 Å². The first-order valence-electron chi connectivity index (χ1n) is 4.57. The number of esters is 1. The van der Waals surface area contributed by atoms with E-state index in [9.17, 15) is 4.79 Å². The minimum atomic E-state index is -0.444. The third-order valence-electron chi connectivity index (χ3n) is 1.97. The zero-order chi connectivity index (χ0) is 11.3. The van der Waals surface area contributed by atoms with Gasteiger partial charge in [-0.3, -0.25) is 0 Å². The van der Waals surface area contributed by atoms with Crippen LogP contribution in [0, 0.1) is 6.92 Å². The molecule has 0 bridgehead atoms. The monoisotopic (exact) mass is 210 g/mol. The van der Waals surface area contributed by atoms with Crippen molar-refractivity contribution in [2.75, 3.05) is 13.7 Å². The third-order valence-corrected chi connectivity index (χ3v) is 1.97. The standard InChI is InChI=1S/C11H14O4/c1-8-3-4-9(6-12)10(5-8)15-7-11(13)14-2/h3-5,12H,6-7H2,1-2H3. The summed E-state index contributed by atoms with van der Waals surface area (Å²) in [4.78, 5) is 10.9. The predicted molar refractivity (Wildman–Crippen MR) is 54.6 cm³/mol. The van der Waals surface area contributed by atoms with Crippen LogP contribution in [0.5, 0.6) is 5.75 Å². The van der Waals surface area contributed by atoms with Gasteiger partial charge < -0.3 is 14.6 Å². The van der Waals surface area contributed by atoms with Gasteiger partial charge in [0.2, 0.25) is 0 Å². The van der Waals surface area contributed by atoms with E-state index in [4.69, 9.17) is 9.84 Å². The molecule has 4 heteroatoms. The maximum atomic E-state index is 10.9. The number of ether oxygens (including phenoxy) is 2. The fraction of sp³-hybridized carbons (Fsp3) is 0.364. The Morgan fingerprint density at radius 1 is 1.47 bits per heavy atom. The lowest BCUT2D eigenvalue weighted by molar-refractivity contribution is -0.142. The molecule has 0 fully saturated rings. The van der Waals surface area contributed by atoms with Crippen molar-refractivity contribution in [3.8, 4) is 5.75 Å². The molecule has 0 atom stereocenters. The molecule has 0 unspecified atom stereocenters. The Morgan fingerprint density at radius 2 is 2.20 bits per heavy atom. The normalized spacial score (nSPS) is 9.80. The first kappa shape index (κ1) is 11.5. The molecule has 0 aliphatic rings. The summed E-state index contributed by atoms with van der Waals surface area (Å²) in [6.45, 7) is 1.65. The molecule has 0 aromatic heterocycles. The summed E-state index contributed by atoms with van der Waals surface area (Å²) in [6, 6.07) is 5.41. The molecule has 1 aromatic carbocycles. The van der Waals surface area contributed by atoms with Crippen LogP contribution in [0.1, 0.15) is 11.1 Å². The van der Waals surface area contributed by atoms with Crippen molar-refractivity contribution in [3.63, 3.8) is 0 Å². The van der Waals surface area contributed by atoms with Crippen LogP contribution in [0.15, 0.2) is 18.2 Å². The SMILES string of the molecule is COC(=O)COc1cc(C)ccc1CO. The van der Waals surface area contributed by atoms with Crippen molar-refractivity contribution in [1.29, 1.82) is 0 Å². The maximum absolute atomic E-state index is 10.9. The molecule has 0 aliphatic heterocycles. The Kier molecular flexibility index (Phi) is 4.12. The lowest BCUT2D eigenvalue weighted by Crippen LogP contribution is -2.13. The molecule has 0 spiro atoms. The van der Waals surface area contributed by atoms with Crippen molar-refractivity contribution in [1.82, 2.24) is 0 Å². The number of methoxy groups -OCH3 is 1. The van der Waals surface area contributed by atoms with Crippen molar-refractivity contribution in [2.45, 2.75) is 13.5 Å². The molecule has 4 nitrogen and oxygen atoms in total. The average Bonchev–Trinajstić information content (AvgIpc) is 2.26. The number of hydrogen-bond donors (Lipinski definition) is 1. The molecular weight excluding hydrogens is 196 g/mol. The van der Waals surface area contributed by atoms with Crippen LogP contribution >= 0.6 is 0 Å². The van der Waals surface area contributed by atoms with Gasteiger partial charge in [-0.25, -0.2) is 4.79 Å². The fourth-order valence-electron chi connectivity index (χ4n) is 1.12. The molecule has 0 amide bonds. The minimum absolute atomic E-state index is 0.114. The van der Waals surface area contributed by atoms with Crippen molar-refractivity contribution in [2.24, 2.45) is 0 Å². The Morgan fingerprint density at radius 3 is 2.80 bits per heavy atom. The topological polar surface area (TPSA) is 55.8 Å². The summed E-state index contributed by atoms with van der Waals surface area (Å²) in [5.41, 5.74) is 1.66. The molecular formula is C11H14O4. The van der Waals surface area contributed by atoms with Gasteiger partial charge in [0.25, 0.3) is 0 Å². The number of aryl methyl sites for hydroxylation is 1. The second-order valence-electron chi connectivity index (χ2n) is 3.13. The summed E-state index contributed by atoms with van der Waals surface area (Å²) < 4.78 is 9.68. The van der Waals surface area contributed by atoms with Gasteiger partial charge >= 0.3 is 5.97 Å². The second kappa shape index (κ2) is 5.36. The highest BCUT2D eigenvalue weighted by atomic mass is 16.6. The van der Waals surface area contributed by atoms with Gasteiger partial charge in [0, 0.05) is 5.56 Å². The summed E-state index contributed by atoms with van der Waals surface area (Å²) in [5.74, 6) is 0.0725. The molecule has 82 valence electrons. The van der Waals surface area contributed by atoms with Gasteiger partial charge in [0.05, 0.1) is 13.7 Å². The van der Waals surface area contributed by atoms with Gasteiger partial charge in [-0.05, 0) is 18.6 Å². The van der Waals surface area contributed by atoms with Crippen LogP contribution in [0.3, 0.4) is 0 Å². The van der Waals surface area contributed by atoms with Crippen LogP contribution < -0.4 is 4.74 Å². The fourth-order valence-corrected chi connectivity index (χ4v) is 1.12. The number of aliphatic hydroxyl groups is 1. The van der Waals surface area contributed by atoms with Crippen molar-refractivity contribution >= 4 is 5.97 Å². The highest BCUT2D eigenvalue weighted by molar-refractivity contribution is 5.70. The molecule has 0 radical (unpaired) electrons. The first-order chi connectivity index (χ1) is 7.17. The van der Waals surface area contributed by atoms with Gasteiger partial charge in [0.15, 0.2) is 6.61 Å². The zero-order valence-electron chi connectivity index (χ0n) is 8.82.